The highest BCUT2D eigenvalue weighted by Gasteiger charge is 2.32. The topological polar surface area (TPSA) is 79.0 Å². The van der Waals surface area contributed by atoms with E-state index in [9.17, 15) is 13.2 Å². The number of hydrogen-bond acceptors (Lipinski definition) is 4. The molecule has 1 aromatic rings. The molecule has 0 aromatic heterocycles. The molecule has 0 saturated carbocycles. The van der Waals surface area contributed by atoms with Gasteiger partial charge in [0.05, 0.1) is 12.6 Å². The highest BCUT2D eigenvalue weighted by Crippen LogP contribution is 2.23. The van der Waals surface area contributed by atoms with Crippen LogP contribution in [0, 0.1) is 5.92 Å². The van der Waals surface area contributed by atoms with Gasteiger partial charge in [-0.1, -0.05) is 12.1 Å². The number of carbonyl (C=O) groups excluding carboxylic acids is 1. The summed E-state index contributed by atoms with van der Waals surface area (Å²) in [5, 5.41) is 3.04. The Kier molecular flexibility index (Phi) is 7.02. The number of ether oxygens (including phenoxy) is 1. The van der Waals surface area contributed by atoms with Crippen molar-refractivity contribution in [2.45, 2.75) is 32.7 Å². The molecule has 1 N–H and O–H groups in total. The maximum atomic E-state index is 12.5. The van der Waals surface area contributed by atoms with Gasteiger partial charge < -0.3 is 10.1 Å². The van der Waals surface area contributed by atoms with E-state index in [1.54, 1.807) is 0 Å². The summed E-state index contributed by atoms with van der Waals surface area (Å²) in [5.74, 6) is 0.631. The van der Waals surface area contributed by atoms with Gasteiger partial charge in [-0.2, -0.15) is 17.0 Å². The number of piperidine rings is 1. The van der Waals surface area contributed by atoms with Crippen LogP contribution in [0.25, 0.3) is 0 Å². The summed E-state index contributed by atoms with van der Waals surface area (Å²) in [7, 11) is -0.360. The molecule has 1 atom stereocenters. The van der Waals surface area contributed by atoms with E-state index in [0.29, 0.717) is 32.5 Å². The molecule has 1 fully saturated rings. The Labute approximate surface area is 156 Å². The van der Waals surface area contributed by atoms with Crippen molar-refractivity contribution in [2.75, 3.05) is 33.8 Å². The van der Waals surface area contributed by atoms with Crippen molar-refractivity contribution in [3.05, 3.63) is 29.8 Å². The van der Waals surface area contributed by atoms with Crippen molar-refractivity contribution < 1.29 is 17.9 Å². The Bertz CT molecular complexity index is 696. The fourth-order valence-electron chi connectivity index (χ4n) is 3.01. The van der Waals surface area contributed by atoms with Gasteiger partial charge in [-0.15, -0.1) is 0 Å². The van der Waals surface area contributed by atoms with Crippen molar-refractivity contribution in [3.63, 3.8) is 0 Å². The van der Waals surface area contributed by atoms with Gasteiger partial charge in [-0.25, -0.2) is 0 Å². The molecule has 2 rings (SSSR count). The number of nitrogens with zero attached hydrogens (tertiary/aromatic N) is 2. The van der Waals surface area contributed by atoms with Crippen molar-refractivity contribution in [3.8, 4) is 5.75 Å². The summed E-state index contributed by atoms with van der Waals surface area (Å²) >= 11 is 0. The average Bonchev–Trinajstić information content (AvgIpc) is 2.62. The molecule has 1 aliphatic heterocycles. The quantitative estimate of drug-likeness (QED) is 0.778. The Balaban J connectivity index is 1.88. The summed E-state index contributed by atoms with van der Waals surface area (Å²) in [6.45, 7) is 5.24. The molecule has 0 radical (unpaired) electrons. The second-order valence-corrected chi connectivity index (χ2v) is 8.84. The van der Waals surface area contributed by atoms with Gasteiger partial charge in [0.15, 0.2) is 0 Å². The van der Waals surface area contributed by atoms with Gasteiger partial charge in [0.25, 0.3) is 10.2 Å². The van der Waals surface area contributed by atoms with E-state index in [4.69, 9.17) is 4.74 Å². The van der Waals surface area contributed by atoms with Crippen LogP contribution in [0.1, 0.15) is 38.3 Å². The molecule has 1 heterocycles. The SMILES string of the molecule is CCOc1ccc([C@@H](C)NC(=O)C2CCN(S(=O)(=O)N(C)C)CC2)cc1. The number of benzene rings is 1. The highest BCUT2D eigenvalue weighted by atomic mass is 32.2. The largest absolute Gasteiger partial charge is 0.494 e. The Morgan fingerprint density at radius 1 is 1.27 bits per heavy atom. The summed E-state index contributed by atoms with van der Waals surface area (Å²) in [6, 6.07) is 7.57. The molecule has 0 spiro atoms. The second kappa shape index (κ2) is 8.83. The van der Waals surface area contributed by atoms with Crippen LogP contribution >= 0.6 is 0 Å². The monoisotopic (exact) mass is 383 g/mol. The van der Waals surface area contributed by atoms with Gasteiger partial charge in [-0.3, -0.25) is 4.79 Å². The lowest BCUT2D eigenvalue weighted by Gasteiger charge is -2.32. The Morgan fingerprint density at radius 3 is 2.35 bits per heavy atom. The third kappa shape index (κ3) is 4.96. The van der Waals surface area contributed by atoms with Crippen LogP contribution < -0.4 is 10.1 Å². The molecule has 0 bridgehead atoms. The third-order valence-corrected chi connectivity index (χ3v) is 6.60. The minimum Gasteiger partial charge on any atom is -0.494 e. The highest BCUT2D eigenvalue weighted by molar-refractivity contribution is 7.86. The molecule has 1 aromatic carbocycles. The maximum absolute atomic E-state index is 12.5. The minimum atomic E-state index is -3.40. The van der Waals surface area contributed by atoms with Gasteiger partial charge in [0, 0.05) is 33.1 Å². The summed E-state index contributed by atoms with van der Waals surface area (Å²) in [5.41, 5.74) is 1.01. The van der Waals surface area contributed by atoms with Gasteiger partial charge in [0.1, 0.15) is 5.75 Å². The van der Waals surface area contributed by atoms with Crippen molar-refractivity contribution in [1.29, 1.82) is 0 Å². The van der Waals surface area contributed by atoms with Crippen LogP contribution in [-0.4, -0.2) is 56.7 Å². The maximum Gasteiger partial charge on any atom is 0.281 e. The van der Waals surface area contributed by atoms with E-state index in [1.165, 1.54) is 22.7 Å². The zero-order valence-electron chi connectivity index (χ0n) is 15.9. The van der Waals surface area contributed by atoms with Crippen molar-refractivity contribution in [2.24, 2.45) is 5.92 Å². The first-order valence-electron chi connectivity index (χ1n) is 8.96. The predicted octanol–water partition coefficient (Wildman–Crippen LogP) is 1.78. The van der Waals surface area contributed by atoms with Crippen LogP contribution in [0.2, 0.25) is 0 Å². The van der Waals surface area contributed by atoms with Crippen molar-refractivity contribution in [1.82, 2.24) is 13.9 Å². The van der Waals surface area contributed by atoms with E-state index < -0.39 is 10.2 Å². The normalized spacial score (nSPS) is 17.9. The van der Waals surface area contributed by atoms with Crippen LogP contribution in [0.5, 0.6) is 5.75 Å². The van der Waals surface area contributed by atoms with E-state index in [-0.39, 0.29) is 17.9 Å². The first-order chi connectivity index (χ1) is 12.3. The van der Waals surface area contributed by atoms with Crippen LogP contribution in [-0.2, 0) is 15.0 Å². The Hall–Kier alpha value is -1.64. The molecule has 0 unspecified atom stereocenters. The number of carbonyl (C=O) groups is 1. The third-order valence-electron chi connectivity index (χ3n) is 4.66. The van der Waals surface area contributed by atoms with E-state index in [0.717, 1.165) is 11.3 Å². The van der Waals surface area contributed by atoms with Crippen LogP contribution in [0.3, 0.4) is 0 Å². The van der Waals surface area contributed by atoms with E-state index >= 15 is 0 Å². The van der Waals surface area contributed by atoms with Gasteiger partial charge in [0.2, 0.25) is 5.91 Å². The summed E-state index contributed by atoms with van der Waals surface area (Å²) in [6.07, 6.45) is 1.07. The lowest BCUT2D eigenvalue weighted by atomic mass is 9.96. The summed E-state index contributed by atoms with van der Waals surface area (Å²) in [4.78, 5) is 12.5. The number of amides is 1. The molecule has 1 amide bonds. The Morgan fingerprint density at radius 2 is 1.85 bits per heavy atom. The standard InChI is InChI=1S/C18H29N3O4S/c1-5-25-17-8-6-15(7-9-17)14(2)19-18(22)16-10-12-21(13-11-16)26(23,24)20(3)4/h6-9,14,16H,5,10-13H2,1-4H3,(H,19,22)/t14-/m1/s1. The number of hydrogen-bond donors (Lipinski definition) is 1. The molecule has 7 nitrogen and oxygen atoms in total. The molecular formula is C18H29N3O4S. The first-order valence-corrected chi connectivity index (χ1v) is 10.4. The van der Waals surface area contributed by atoms with Gasteiger partial charge in [-0.05, 0) is 44.4 Å². The molecule has 26 heavy (non-hydrogen) atoms. The van der Waals surface area contributed by atoms with Crippen molar-refractivity contribution >= 4 is 16.1 Å². The predicted molar refractivity (Wildman–Crippen MR) is 101 cm³/mol. The molecule has 1 aliphatic rings. The summed E-state index contributed by atoms with van der Waals surface area (Å²) < 4.78 is 32.4. The molecule has 1 saturated heterocycles. The fourth-order valence-corrected chi connectivity index (χ4v) is 4.15. The van der Waals surface area contributed by atoms with E-state index in [1.807, 2.05) is 38.1 Å². The van der Waals surface area contributed by atoms with Gasteiger partial charge >= 0.3 is 0 Å². The minimum absolute atomic E-state index is 0.0201. The van der Waals surface area contributed by atoms with Crippen LogP contribution in [0.15, 0.2) is 24.3 Å². The van der Waals surface area contributed by atoms with E-state index in [2.05, 4.69) is 5.32 Å². The first kappa shape index (κ1) is 20.7. The lowest BCUT2D eigenvalue weighted by molar-refractivity contribution is -0.126. The smallest absolute Gasteiger partial charge is 0.281 e. The molecular weight excluding hydrogens is 354 g/mol. The molecule has 146 valence electrons. The average molecular weight is 384 g/mol. The zero-order valence-corrected chi connectivity index (χ0v) is 16.8. The second-order valence-electron chi connectivity index (χ2n) is 6.70. The van der Waals surface area contributed by atoms with Crippen LogP contribution in [0.4, 0.5) is 0 Å². The zero-order chi connectivity index (χ0) is 19.3. The number of nitrogens with one attached hydrogen (secondary N) is 1. The molecule has 0 aliphatic carbocycles. The fraction of sp³-hybridized carbons (Fsp3) is 0.611. The lowest BCUT2D eigenvalue weighted by Crippen LogP contribution is -2.47. The number of rotatable bonds is 7. The molecule has 8 heteroatoms.